The summed E-state index contributed by atoms with van der Waals surface area (Å²) in [5.74, 6) is 2.56. The van der Waals surface area contributed by atoms with Gasteiger partial charge in [-0.25, -0.2) is 9.97 Å². The number of aryl methyl sites for hydroxylation is 3. The maximum Gasteiger partial charge on any atom is 0.112 e. The van der Waals surface area contributed by atoms with Crippen molar-refractivity contribution >= 4 is 16.7 Å². The standard InChI is InChI=1S/C16H21N5/c1-11(2)16-19-13-10-12(17)4-5-14(13)21(16)8-6-15-18-7-9-20(15)3/h4-5,7,9-11H,6,8,17H2,1-3H3. The van der Waals surface area contributed by atoms with Crippen molar-refractivity contribution in [2.45, 2.75) is 32.7 Å². The maximum atomic E-state index is 5.87. The van der Waals surface area contributed by atoms with Crippen LogP contribution < -0.4 is 5.73 Å². The van der Waals surface area contributed by atoms with Gasteiger partial charge in [0.05, 0.1) is 11.0 Å². The predicted octanol–water partition coefficient (Wildman–Crippen LogP) is 2.72. The fourth-order valence-corrected chi connectivity index (χ4v) is 2.69. The van der Waals surface area contributed by atoms with Crippen LogP contribution in [0.2, 0.25) is 0 Å². The second kappa shape index (κ2) is 5.24. The van der Waals surface area contributed by atoms with Crippen LogP contribution in [0.5, 0.6) is 0 Å². The molecule has 21 heavy (non-hydrogen) atoms. The van der Waals surface area contributed by atoms with Crippen molar-refractivity contribution in [1.29, 1.82) is 0 Å². The number of rotatable bonds is 4. The van der Waals surface area contributed by atoms with E-state index in [0.717, 1.165) is 41.3 Å². The van der Waals surface area contributed by atoms with Crippen LogP contribution in [0.4, 0.5) is 5.69 Å². The summed E-state index contributed by atoms with van der Waals surface area (Å²) in [5, 5.41) is 0. The predicted molar refractivity (Wildman–Crippen MR) is 85.1 cm³/mol. The van der Waals surface area contributed by atoms with E-state index in [-0.39, 0.29) is 0 Å². The van der Waals surface area contributed by atoms with Gasteiger partial charge in [0.2, 0.25) is 0 Å². The molecule has 0 fully saturated rings. The zero-order valence-corrected chi connectivity index (χ0v) is 12.7. The number of imidazole rings is 2. The Bertz CT molecular complexity index is 766. The second-order valence-corrected chi connectivity index (χ2v) is 5.73. The Kier molecular flexibility index (Phi) is 3.41. The van der Waals surface area contributed by atoms with Crippen LogP contribution in [-0.2, 0) is 20.0 Å². The monoisotopic (exact) mass is 283 g/mol. The summed E-state index contributed by atoms with van der Waals surface area (Å²) in [5.41, 5.74) is 8.74. The van der Waals surface area contributed by atoms with Gasteiger partial charge in [-0.3, -0.25) is 0 Å². The van der Waals surface area contributed by atoms with Crippen molar-refractivity contribution in [2.24, 2.45) is 7.05 Å². The smallest absolute Gasteiger partial charge is 0.112 e. The molecule has 2 aromatic heterocycles. The highest BCUT2D eigenvalue weighted by atomic mass is 15.1. The van der Waals surface area contributed by atoms with E-state index < -0.39 is 0 Å². The highest BCUT2D eigenvalue weighted by Gasteiger charge is 2.14. The average Bonchev–Trinajstić information content (AvgIpc) is 2.99. The van der Waals surface area contributed by atoms with Gasteiger partial charge in [-0.15, -0.1) is 0 Å². The van der Waals surface area contributed by atoms with E-state index in [1.54, 1.807) is 0 Å². The van der Waals surface area contributed by atoms with Crippen LogP contribution in [0.3, 0.4) is 0 Å². The number of fused-ring (bicyclic) bond motifs is 1. The van der Waals surface area contributed by atoms with Gasteiger partial charge in [0.25, 0.3) is 0 Å². The minimum Gasteiger partial charge on any atom is -0.399 e. The molecule has 0 aliphatic rings. The van der Waals surface area contributed by atoms with Crippen LogP contribution in [0.15, 0.2) is 30.6 Å². The molecule has 0 aliphatic carbocycles. The fraction of sp³-hybridized carbons (Fsp3) is 0.375. The van der Waals surface area contributed by atoms with Crippen molar-refractivity contribution in [2.75, 3.05) is 5.73 Å². The molecule has 0 unspecified atom stereocenters. The molecule has 0 saturated heterocycles. The van der Waals surface area contributed by atoms with Gasteiger partial charge in [-0.2, -0.15) is 0 Å². The van der Waals surface area contributed by atoms with Gasteiger partial charge in [-0.05, 0) is 18.2 Å². The van der Waals surface area contributed by atoms with Crippen molar-refractivity contribution < 1.29 is 0 Å². The van der Waals surface area contributed by atoms with Gasteiger partial charge < -0.3 is 14.9 Å². The zero-order chi connectivity index (χ0) is 15.0. The maximum absolute atomic E-state index is 5.87. The zero-order valence-electron chi connectivity index (χ0n) is 12.7. The first-order chi connectivity index (χ1) is 10.1. The molecule has 110 valence electrons. The van der Waals surface area contributed by atoms with E-state index in [4.69, 9.17) is 10.7 Å². The lowest BCUT2D eigenvalue weighted by Gasteiger charge is -2.11. The van der Waals surface area contributed by atoms with Crippen molar-refractivity contribution in [3.8, 4) is 0 Å². The number of benzene rings is 1. The minimum absolute atomic E-state index is 0.375. The molecule has 0 saturated carbocycles. The number of nitrogens with two attached hydrogens (primary N) is 1. The molecular weight excluding hydrogens is 262 g/mol. The Morgan fingerprint density at radius 1 is 1.29 bits per heavy atom. The number of aromatic nitrogens is 4. The molecule has 1 aromatic carbocycles. The lowest BCUT2D eigenvalue weighted by atomic mass is 10.2. The van der Waals surface area contributed by atoms with E-state index in [1.807, 2.05) is 31.6 Å². The van der Waals surface area contributed by atoms with Crippen LogP contribution in [0.1, 0.15) is 31.4 Å². The van der Waals surface area contributed by atoms with Gasteiger partial charge >= 0.3 is 0 Å². The summed E-state index contributed by atoms with van der Waals surface area (Å²) >= 11 is 0. The molecule has 5 nitrogen and oxygen atoms in total. The Hall–Kier alpha value is -2.30. The normalized spacial score (nSPS) is 11.6. The topological polar surface area (TPSA) is 61.7 Å². The van der Waals surface area contributed by atoms with Crippen molar-refractivity contribution in [3.05, 3.63) is 42.2 Å². The molecular formula is C16H21N5. The molecule has 0 bridgehead atoms. The third kappa shape index (κ3) is 2.51. The molecule has 0 amide bonds. The number of hydrogen-bond donors (Lipinski definition) is 1. The number of hydrogen-bond acceptors (Lipinski definition) is 3. The SMILES string of the molecule is CC(C)c1nc2cc(N)ccc2n1CCc1nccn1C. The third-order valence-electron chi connectivity index (χ3n) is 3.80. The Morgan fingerprint density at radius 2 is 2.10 bits per heavy atom. The van der Waals surface area contributed by atoms with E-state index in [1.165, 1.54) is 0 Å². The van der Waals surface area contributed by atoms with Crippen LogP contribution in [0.25, 0.3) is 11.0 Å². The summed E-state index contributed by atoms with van der Waals surface area (Å²) in [6.07, 6.45) is 4.70. The molecule has 0 atom stereocenters. The van der Waals surface area contributed by atoms with E-state index in [0.29, 0.717) is 5.92 Å². The van der Waals surface area contributed by atoms with E-state index in [9.17, 15) is 0 Å². The summed E-state index contributed by atoms with van der Waals surface area (Å²) in [4.78, 5) is 9.14. The van der Waals surface area contributed by atoms with Gasteiger partial charge in [-0.1, -0.05) is 13.8 Å². The lowest BCUT2D eigenvalue weighted by molar-refractivity contribution is 0.611. The quantitative estimate of drug-likeness (QED) is 0.749. The van der Waals surface area contributed by atoms with E-state index >= 15 is 0 Å². The summed E-state index contributed by atoms with van der Waals surface area (Å²) < 4.78 is 4.35. The molecule has 0 aliphatic heterocycles. The van der Waals surface area contributed by atoms with Gasteiger partial charge in [0.15, 0.2) is 0 Å². The summed E-state index contributed by atoms with van der Waals surface area (Å²) in [7, 11) is 2.03. The van der Waals surface area contributed by atoms with Crippen LogP contribution in [-0.4, -0.2) is 19.1 Å². The van der Waals surface area contributed by atoms with E-state index in [2.05, 4.69) is 34.0 Å². The first-order valence-corrected chi connectivity index (χ1v) is 7.28. The van der Waals surface area contributed by atoms with Crippen LogP contribution in [0, 0.1) is 0 Å². The Morgan fingerprint density at radius 3 is 2.76 bits per heavy atom. The molecule has 3 rings (SSSR count). The molecule has 0 spiro atoms. The number of nitrogens with zero attached hydrogens (tertiary/aromatic N) is 4. The number of anilines is 1. The van der Waals surface area contributed by atoms with Crippen molar-refractivity contribution in [3.63, 3.8) is 0 Å². The van der Waals surface area contributed by atoms with Crippen LogP contribution >= 0.6 is 0 Å². The molecule has 2 N–H and O–H groups in total. The Balaban J connectivity index is 1.99. The fourth-order valence-electron chi connectivity index (χ4n) is 2.69. The summed E-state index contributed by atoms with van der Waals surface area (Å²) in [6, 6.07) is 5.94. The largest absolute Gasteiger partial charge is 0.399 e. The van der Waals surface area contributed by atoms with Gasteiger partial charge in [0.1, 0.15) is 11.6 Å². The average molecular weight is 283 g/mol. The molecule has 5 heteroatoms. The molecule has 3 aromatic rings. The molecule has 0 radical (unpaired) electrons. The summed E-state index contributed by atoms with van der Waals surface area (Å²) in [6.45, 7) is 5.21. The number of nitrogen functional groups attached to an aromatic ring is 1. The molecule has 2 heterocycles. The highest BCUT2D eigenvalue weighted by Crippen LogP contribution is 2.24. The lowest BCUT2D eigenvalue weighted by Crippen LogP contribution is -2.10. The first-order valence-electron chi connectivity index (χ1n) is 7.28. The first kappa shape index (κ1) is 13.7. The Labute approximate surface area is 124 Å². The van der Waals surface area contributed by atoms with Gasteiger partial charge in [0, 0.05) is 44.0 Å². The second-order valence-electron chi connectivity index (χ2n) is 5.73. The minimum atomic E-state index is 0.375. The van der Waals surface area contributed by atoms with Crippen molar-refractivity contribution in [1.82, 2.24) is 19.1 Å². The highest BCUT2D eigenvalue weighted by molar-refractivity contribution is 5.79. The third-order valence-corrected chi connectivity index (χ3v) is 3.80.